The molecule has 0 amide bonds. The van der Waals surface area contributed by atoms with Crippen LogP contribution in [0.5, 0.6) is 0 Å². The molecule has 0 fully saturated rings. The summed E-state index contributed by atoms with van der Waals surface area (Å²) in [6.45, 7) is 8.29. The summed E-state index contributed by atoms with van der Waals surface area (Å²) in [4.78, 5) is 0. The molecule has 0 spiro atoms. The molecule has 0 heterocycles. The summed E-state index contributed by atoms with van der Waals surface area (Å²) in [5.74, 6) is 0. The first kappa shape index (κ1) is 18.9. The minimum Gasteiger partial charge on any atom is -0.391 e. The highest BCUT2D eigenvalue weighted by Crippen LogP contribution is 2.12. The molecule has 0 aromatic heterocycles. The van der Waals surface area contributed by atoms with Crippen LogP contribution in [-0.2, 0) is 0 Å². The lowest BCUT2D eigenvalue weighted by atomic mass is 10.1. The topological polar surface area (TPSA) is 20.2 Å². The molecule has 0 aliphatic carbocycles. The van der Waals surface area contributed by atoms with Gasteiger partial charge in [-0.05, 0) is 25.7 Å². The second kappa shape index (κ2) is 12.9. The minimum absolute atomic E-state index is 0.334. The molecule has 0 atom stereocenters. The molecular formula is C17H38NO+. The van der Waals surface area contributed by atoms with Crippen LogP contribution in [0.15, 0.2) is 0 Å². The maximum Gasteiger partial charge on any atom is 0.102 e. The summed E-state index contributed by atoms with van der Waals surface area (Å²) in [6.07, 6.45) is 13.5. The number of unbranched alkanes of at least 4 members (excludes halogenated alkanes) is 8. The number of nitrogens with zero attached hydrogens (tertiary/aromatic N) is 1. The predicted molar refractivity (Wildman–Crippen MR) is 85.4 cm³/mol. The molecule has 0 saturated carbocycles. The quantitative estimate of drug-likeness (QED) is 0.368. The van der Waals surface area contributed by atoms with Crippen molar-refractivity contribution in [3.05, 3.63) is 0 Å². The van der Waals surface area contributed by atoms with Crippen LogP contribution in [-0.4, -0.2) is 42.9 Å². The van der Waals surface area contributed by atoms with Crippen LogP contribution in [0.4, 0.5) is 0 Å². The van der Waals surface area contributed by atoms with E-state index in [9.17, 15) is 5.11 Å². The number of rotatable bonds is 14. The van der Waals surface area contributed by atoms with E-state index in [0.29, 0.717) is 6.61 Å². The summed E-state index contributed by atoms with van der Waals surface area (Å²) in [7, 11) is 2.33. The number of quaternary nitrogens is 1. The van der Waals surface area contributed by atoms with Crippen molar-refractivity contribution in [2.45, 2.75) is 78.1 Å². The Balaban J connectivity index is 3.76. The highest BCUT2D eigenvalue weighted by atomic mass is 16.3. The van der Waals surface area contributed by atoms with Crippen LogP contribution in [0.1, 0.15) is 78.1 Å². The second-order valence-corrected chi connectivity index (χ2v) is 6.34. The van der Waals surface area contributed by atoms with Crippen molar-refractivity contribution in [1.82, 2.24) is 0 Å². The normalized spacial score (nSPS) is 12.0. The molecule has 0 unspecified atom stereocenters. The van der Waals surface area contributed by atoms with E-state index < -0.39 is 0 Å². The lowest BCUT2D eigenvalue weighted by molar-refractivity contribution is -0.910. The van der Waals surface area contributed by atoms with E-state index >= 15 is 0 Å². The van der Waals surface area contributed by atoms with Gasteiger partial charge in [-0.25, -0.2) is 0 Å². The molecule has 116 valence electrons. The zero-order chi connectivity index (χ0) is 14.4. The number of aliphatic hydroxyl groups is 1. The van der Waals surface area contributed by atoms with Gasteiger partial charge in [0.25, 0.3) is 0 Å². The third-order valence-corrected chi connectivity index (χ3v) is 4.24. The molecule has 0 saturated heterocycles. The molecule has 0 aromatic carbocycles. The van der Waals surface area contributed by atoms with Gasteiger partial charge in [0.1, 0.15) is 6.54 Å². The van der Waals surface area contributed by atoms with Crippen LogP contribution >= 0.6 is 0 Å². The van der Waals surface area contributed by atoms with Gasteiger partial charge in [-0.3, -0.25) is 0 Å². The molecule has 19 heavy (non-hydrogen) atoms. The number of aliphatic hydroxyl groups excluding tert-OH is 1. The molecule has 0 aliphatic heterocycles. The Morgan fingerprint density at radius 3 is 1.42 bits per heavy atom. The van der Waals surface area contributed by atoms with Crippen LogP contribution < -0.4 is 0 Å². The molecule has 1 N–H and O–H groups in total. The Morgan fingerprint density at radius 1 is 0.632 bits per heavy atom. The summed E-state index contributed by atoms with van der Waals surface area (Å²) < 4.78 is 1.08. The van der Waals surface area contributed by atoms with Gasteiger partial charge in [-0.1, -0.05) is 52.4 Å². The van der Waals surface area contributed by atoms with Gasteiger partial charge in [-0.15, -0.1) is 0 Å². The first-order valence-electron chi connectivity index (χ1n) is 8.63. The van der Waals surface area contributed by atoms with Crippen molar-refractivity contribution >= 4 is 0 Å². The van der Waals surface area contributed by atoms with Gasteiger partial charge < -0.3 is 9.59 Å². The van der Waals surface area contributed by atoms with Crippen molar-refractivity contribution < 1.29 is 9.59 Å². The maximum absolute atomic E-state index is 9.27. The van der Waals surface area contributed by atoms with Gasteiger partial charge in [0, 0.05) is 0 Å². The summed E-state index contributed by atoms with van der Waals surface area (Å²) in [6, 6.07) is 0. The molecule has 0 bridgehead atoms. The number of hydrogen-bond donors (Lipinski definition) is 1. The highest BCUT2D eigenvalue weighted by molar-refractivity contribution is 4.48. The summed E-state index contributed by atoms with van der Waals surface area (Å²) >= 11 is 0. The fourth-order valence-electron chi connectivity index (χ4n) is 2.77. The Labute approximate surface area is 121 Å². The Hall–Kier alpha value is -0.0800. The summed E-state index contributed by atoms with van der Waals surface area (Å²) in [5, 5.41) is 9.27. The SMILES string of the molecule is CCCCCCC[N+](C)(CCO)CCCCCCC. The average molecular weight is 272 g/mol. The minimum atomic E-state index is 0.334. The smallest absolute Gasteiger partial charge is 0.102 e. The lowest BCUT2D eigenvalue weighted by Gasteiger charge is -2.34. The maximum atomic E-state index is 9.27. The highest BCUT2D eigenvalue weighted by Gasteiger charge is 2.19. The van der Waals surface area contributed by atoms with Crippen molar-refractivity contribution in [3.8, 4) is 0 Å². The van der Waals surface area contributed by atoms with Gasteiger partial charge in [-0.2, -0.15) is 0 Å². The summed E-state index contributed by atoms with van der Waals surface area (Å²) in [5.41, 5.74) is 0. The van der Waals surface area contributed by atoms with Crippen LogP contribution in [0.25, 0.3) is 0 Å². The van der Waals surface area contributed by atoms with Crippen LogP contribution in [0.2, 0.25) is 0 Å². The van der Waals surface area contributed by atoms with E-state index in [1.165, 1.54) is 77.3 Å². The molecule has 2 heteroatoms. The third-order valence-electron chi connectivity index (χ3n) is 4.24. The zero-order valence-electron chi connectivity index (χ0n) is 13.8. The number of hydrogen-bond acceptors (Lipinski definition) is 1. The van der Waals surface area contributed by atoms with E-state index in [1.54, 1.807) is 0 Å². The molecule has 0 aromatic rings. The van der Waals surface area contributed by atoms with E-state index in [0.717, 1.165) is 11.0 Å². The van der Waals surface area contributed by atoms with E-state index in [2.05, 4.69) is 20.9 Å². The number of likely N-dealkylation sites (N-methyl/N-ethyl adjacent to an activating group) is 1. The lowest BCUT2D eigenvalue weighted by Crippen LogP contribution is -2.47. The van der Waals surface area contributed by atoms with Crippen molar-refractivity contribution in [2.24, 2.45) is 0 Å². The fraction of sp³-hybridized carbons (Fsp3) is 1.00. The second-order valence-electron chi connectivity index (χ2n) is 6.34. The molecule has 0 aliphatic rings. The Morgan fingerprint density at radius 2 is 1.05 bits per heavy atom. The Bertz CT molecular complexity index is 168. The molecule has 0 radical (unpaired) electrons. The fourth-order valence-corrected chi connectivity index (χ4v) is 2.77. The van der Waals surface area contributed by atoms with Crippen molar-refractivity contribution in [2.75, 3.05) is 33.3 Å². The van der Waals surface area contributed by atoms with Crippen LogP contribution in [0.3, 0.4) is 0 Å². The first-order chi connectivity index (χ1) is 9.18. The van der Waals surface area contributed by atoms with E-state index in [-0.39, 0.29) is 0 Å². The van der Waals surface area contributed by atoms with Crippen molar-refractivity contribution in [3.63, 3.8) is 0 Å². The largest absolute Gasteiger partial charge is 0.391 e. The molecule has 0 rings (SSSR count). The van der Waals surface area contributed by atoms with Gasteiger partial charge in [0.2, 0.25) is 0 Å². The molecular weight excluding hydrogens is 234 g/mol. The average Bonchev–Trinajstić information content (AvgIpc) is 2.39. The first-order valence-corrected chi connectivity index (χ1v) is 8.63. The third kappa shape index (κ3) is 11.4. The van der Waals surface area contributed by atoms with E-state index in [4.69, 9.17) is 0 Å². The van der Waals surface area contributed by atoms with Gasteiger partial charge >= 0.3 is 0 Å². The van der Waals surface area contributed by atoms with Gasteiger partial charge in [0.15, 0.2) is 0 Å². The zero-order valence-corrected chi connectivity index (χ0v) is 13.8. The Kier molecular flexibility index (Phi) is 12.9. The monoisotopic (exact) mass is 272 g/mol. The van der Waals surface area contributed by atoms with Gasteiger partial charge in [0.05, 0.1) is 26.7 Å². The van der Waals surface area contributed by atoms with Crippen molar-refractivity contribution in [1.29, 1.82) is 0 Å². The molecule has 2 nitrogen and oxygen atoms in total. The van der Waals surface area contributed by atoms with Crippen LogP contribution in [0, 0.1) is 0 Å². The standard InChI is InChI=1S/C17H38NO/c1-4-6-8-10-12-14-18(3,16-17-19)15-13-11-9-7-5-2/h19H,4-17H2,1-3H3/q+1. The predicted octanol–water partition coefficient (Wildman–Crippen LogP) is 4.37. The van der Waals surface area contributed by atoms with E-state index in [1.807, 2.05) is 0 Å².